The van der Waals surface area contributed by atoms with Gasteiger partial charge in [-0.1, -0.05) is 12.1 Å². The molecule has 5 heteroatoms. The van der Waals surface area contributed by atoms with E-state index in [1.54, 1.807) is 24.3 Å². The van der Waals surface area contributed by atoms with E-state index in [4.69, 9.17) is 5.73 Å². The van der Waals surface area contributed by atoms with E-state index in [9.17, 15) is 14.4 Å². The van der Waals surface area contributed by atoms with Crippen LogP contribution >= 0.6 is 0 Å². The number of primary amides is 1. The Morgan fingerprint density at radius 2 is 1.89 bits per heavy atom. The molecule has 1 atom stereocenters. The average molecular weight is 246 g/mol. The number of nitrogens with one attached hydrogen (secondary N) is 1. The van der Waals surface area contributed by atoms with Crippen LogP contribution in [0, 0.1) is 0 Å². The molecule has 1 aliphatic heterocycles. The molecule has 1 heterocycles. The van der Waals surface area contributed by atoms with Crippen molar-refractivity contribution in [1.29, 1.82) is 0 Å². The number of nitrogens with two attached hydrogens (primary N) is 1. The third-order valence-corrected chi connectivity index (χ3v) is 3.00. The Bertz CT molecular complexity index is 493. The van der Waals surface area contributed by atoms with Crippen molar-refractivity contribution in [3.8, 4) is 0 Å². The van der Waals surface area contributed by atoms with Crippen molar-refractivity contribution < 1.29 is 14.4 Å². The molecule has 2 rings (SSSR count). The summed E-state index contributed by atoms with van der Waals surface area (Å²) in [4.78, 5) is 33.8. The van der Waals surface area contributed by atoms with Crippen LogP contribution in [0.2, 0.25) is 0 Å². The summed E-state index contributed by atoms with van der Waals surface area (Å²) in [6.07, 6.45) is 1.02. The summed E-state index contributed by atoms with van der Waals surface area (Å²) in [5.41, 5.74) is 6.46. The van der Waals surface area contributed by atoms with E-state index in [2.05, 4.69) is 5.32 Å². The summed E-state index contributed by atoms with van der Waals surface area (Å²) in [5, 5.41) is 2.67. The summed E-state index contributed by atoms with van der Waals surface area (Å²) in [6, 6.07) is 6.27. The van der Waals surface area contributed by atoms with Crippen LogP contribution in [0.1, 0.15) is 28.8 Å². The fourth-order valence-electron chi connectivity index (χ4n) is 1.96. The molecular weight excluding hydrogens is 232 g/mol. The molecule has 1 fully saturated rings. The van der Waals surface area contributed by atoms with Gasteiger partial charge >= 0.3 is 0 Å². The highest BCUT2D eigenvalue weighted by Gasteiger charge is 2.26. The van der Waals surface area contributed by atoms with Gasteiger partial charge in [0.15, 0.2) is 5.78 Å². The van der Waals surface area contributed by atoms with Gasteiger partial charge in [-0.2, -0.15) is 0 Å². The second-order valence-electron chi connectivity index (χ2n) is 4.35. The first-order valence-electron chi connectivity index (χ1n) is 5.77. The van der Waals surface area contributed by atoms with Gasteiger partial charge in [0.25, 0.3) is 0 Å². The molecule has 0 aromatic heterocycles. The monoisotopic (exact) mass is 246 g/mol. The topological polar surface area (TPSA) is 89.3 Å². The number of benzene rings is 1. The quantitative estimate of drug-likeness (QED) is 0.797. The van der Waals surface area contributed by atoms with Crippen molar-refractivity contribution in [3.63, 3.8) is 0 Å². The van der Waals surface area contributed by atoms with Crippen LogP contribution in [-0.2, 0) is 16.0 Å². The van der Waals surface area contributed by atoms with Crippen molar-refractivity contribution >= 4 is 17.6 Å². The van der Waals surface area contributed by atoms with Crippen LogP contribution in [0.5, 0.6) is 0 Å². The molecule has 0 saturated carbocycles. The predicted molar refractivity (Wildman–Crippen MR) is 64.8 cm³/mol. The van der Waals surface area contributed by atoms with Gasteiger partial charge in [-0.25, -0.2) is 0 Å². The molecule has 3 N–H and O–H groups in total. The first-order chi connectivity index (χ1) is 8.56. The number of carbonyl (C=O) groups excluding carboxylic acids is 3. The number of hydrogen-bond donors (Lipinski definition) is 2. The van der Waals surface area contributed by atoms with Crippen molar-refractivity contribution in [3.05, 3.63) is 35.4 Å². The summed E-state index contributed by atoms with van der Waals surface area (Å²) in [7, 11) is 0. The van der Waals surface area contributed by atoms with Gasteiger partial charge in [0.2, 0.25) is 11.8 Å². The highest BCUT2D eigenvalue weighted by atomic mass is 16.2. The van der Waals surface area contributed by atoms with Gasteiger partial charge in [0, 0.05) is 18.4 Å². The summed E-state index contributed by atoms with van der Waals surface area (Å²) in [5.74, 6) is -0.523. The molecule has 1 aromatic rings. The van der Waals surface area contributed by atoms with Crippen LogP contribution in [0.15, 0.2) is 24.3 Å². The minimum Gasteiger partial charge on any atom is -0.366 e. The van der Waals surface area contributed by atoms with Crippen LogP contribution < -0.4 is 11.1 Å². The predicted octanol–water partition coefficient (Wildman–Crippen LogP) is 0.176. The fourth-order valence-corrected chi connectivity index (χ4v) is 1.96. The van der Waals surface area contributed by atoms with Crippen molar-refractivity contribution in [2.45, 2.75) is 25.3 Å². The SMILES string of the molecule is NC(=O)c1ccc(C[C@@H]2NC(=O)CCC2=O)cc1. The average Bonchev–Trinajstić information content (AvgIpc) is 2.34. The molecule has 94 valence electrons. The largest absolute Gasteiger partial charge is 0.366 e. The lowest BCUT2D eigenvalue weighted by atomic mass is 9.96. The molecule has 1 saturated heterocycles. The second-order valence-corrected chi connectivity index (χ2v) is 4.35. The normalized spacial score (nSPS) is 19.4. The van der Waals surface area contributed by atoms with E-state index in [0.717, 1.165) is 5.56 Å². The van der Waals surface area contributed by atoms with Gasteiger partial charge < -0.3 is 11.1 Å². The number of rotatable bonds is 3. The van der Waals surface area contributed by atoms with Gasteiger partial charge in [-0.15, -0.1) is 0 Å². The highest BCUT2D eigenvalue weighted by Crippen LogP contribution is 2.11. The number of carbonyl (C=O) groups is 3. The third-order valence-electron chi connectivity index (χ3n) is 3.00. The van der Waals surface area contributed by atoms with Crippen LogP contribution in [-0.4, -0.2) is 23.6 Å². The van der Waals surface area contributed by atoms with E-state index >= 15 is 0 Å². The molecule has 1 aliphatic rings. The van der Waals surface area contributed by atoms with Crippen molar-refractivity contribution in [2.75, 3.05) is 0 Å². The van der Waals surface area contributed by atoms with E-state index < -0.39 is 11.9 Å². The molecule has 0 unspecified atom stereocenters. The smallest absolute Gasteiger partial charge is 0.248 e. The molecule has 18 heavy (non-hydrogen) atoms. The zero-order valence-electron chi connectivity index (χ0n) is 9.81. The Morgan fingerprint density at radius 1 is 1.22 bits per heavy atom. The van der Waals surface area contributed by atoms with E-state index in [1.807, 2.05) is 0 Å². The lowest BCUT2D eigenvalue weighted by Gasteiger charge is -2.22. The standard InChI is InChI=1S/C13H14N2O3/c14-13(18)9-3-1-8(2-4-9)7-10-11(16)5-6-12(17)15-10/h1-4,10H,5-7H2,(H2,14,18)(H,15,17)/t10-/m0/s1. The maximum Gasteiger partial charge on any atom is 0.248 e. The molecule has 0 spiro atoms. The lowest BCUT2D eigenvalue weighted by Crippen LogP contribution is -2.46. The van der Waals surface area contributed by atoms with Crippen molar-refractivity contribution in [2.24, 2.45) is 5.73 Å². The van der Waals surface area contributed by atoms with Crippen LogP contribution in [0.3, 0.4) is 0 Å². The molecule has 2 amide bonds. The number of Topliss-reactive ketones (excluding diaryl/α,β-unsaturated/α-hetero) is 1. The third kappa shape index (κ3) is 2.74. The minimum absolute atomic E-state index is 0.0496. The van der Waals surface area contributed by atoms with E-state index in [0.29, 0.717) is 18.4 Å². The summed E-state index contributed by atoms with van der Waals surface area (Å²) < 4.78 is 0. The maximum atomic E-state index is 11.6. The highest BCUT2D eigenvalue weighted by molar-refractivity contribution is 5.95. The van der Waals surface area contributed by atoms with Gasteiger partial charge in [-0.3, -0.25) is 14.4 Å². The lowest BCUT2D eigenvalue weighted by molar-refractivity contribution is -0.132. The number of ketones is 1. The van der Waals surface area contributed by atoms with E-state index in [1.165, 1.54) is 0 Å². The molecular formula is C13H14N2O3. The van der Waals surface area contributed by atoms with E-state index in [-0.39, 0.29) is 18.1 Å². The van der Waals surface area contributed by atoms with Crippen LogP contribution in [0.4, 0.5) is 0 Å². The second kappa shape index (κ2) is 5.00. The zero-order valence-corrected chi connectivity index (χ0v) is 9.81. The molecule has 0 bridgehead atoms. The van der Waals surface area contributed by atoms with Crippen molar-refractivity contribution in [1.82, 2.24) is 5.32 Å². The molecule has 0 radical (unpaired) electrons. The summed E-state index contributed by atoms with van der Waals surface area (Å²) in [6.45, 7) is 0. The first-order valence-corrected chi connectivity index (χ1v) is 5.77. The Hall–Kier alpha value is -2.17. The zero-order chi connectivity index (χ0) is 13.1. The van der Waals surface area contributed by atoms with Gasteiger partial charge in [0.05, 0.1) is 6.04 Å². The molecule has 5 nitrogen and oxygen atoms in total. The first kappa shape index (κ1) is 12.3. The summed E-state index contributed by atoms with van der Waals surface area (Å²) >= 11 is 0. The van der Waals surface area contributed by atoms with Gasteiger partial charge in [0.1, 0.15) is 0 Å². The Morgan fingerprint density at radius 3 is 2.50 bits per heavy atom. The number of piperidine rings is 1. The fraction of sp³-hybridized carbons (Fsp3) is 0.308. The molecule has 1 aromatic carbocycles. The number of amides is 2. The van der Waals surface area contributed by atoms with Crippen LogP contribution in [0.25, 0.3) is 0 Å². The Kier molecular flexibility index (Phi) is 3.41. The Labute approximate surface area is 104 Å². The minimum atomic E-state index is -0.483. The maximum absolute atomic E-state index is 11.6. The Balaban J connectivity index is 2.06. The molecule has 0 aliphatic carbocycles. The number of hydrogen-bond acceptors (Lipinski definition) is 3. The van der Waals surface area contributed by atoms with Gasteiger partial charge in [-0.05, 0) is 24.1 Å².